The van der Waals surface area contributed by atoms with Crippen LogP contribution >= 0.6 is 23.2 Å². The summed E-state index contributed by atoms with van der Waals surface area (Å²) in [5, 5.41) is 0.445. The molecule has 0 bridgehead atoms. The molecule has 0 saturated carbocycles. The zero-order valence-electron chi connectivity index (χ0n) is 6.89. The van der Waals surface area contributed by atoms with Crippen molar-refractivity contribution in [3.8, 4) is 0 Å². The molecule has 70 valence electrons. The number of carbonyl (C=O) groups excluding carboxylic acids is 1. The molecule has 13 heavy (non-hydrogen) atoms. The van der Waals surface area contributed by atoms with Crippen LogP contribution in [0.25, 0.3) is 0 Å². The summed E-state index contributed by atoms with van der Waals surface area (Å²) < 4.78 is 0. The van der Waals surface area contributed by atoms with Gasteiger partial charge in [0, 0.05) is 6.42 Å². The van der Waals surface area contributed by atoms with E-state index in [0.717, 1.165) is 5.56 Å². The number of rotatable bonds is 3. The van der Waals surface area contributed by atoms with Crippen LogP contribution < -0.4 is 5.73 Å². The van der Waals surface area contributed by atoms with E-state index in [9.17, 15) is 4.79 Å². The van der Waals surface area contributed by atoms with Crippen LogP contribution in [-0.2, 0) is 11.2 Å². The first-order valence-electron chi connectivity index (χ1n) is 3.75. The normalized spacial score (nSPS) is 10.0. The quantitative estimate of drug-likeness (QED) is 0.624. The van der Waals surface area contributed by atoms with Crippen molar-refractivity contribution in [1.29, 1.82) is 0 Å². The zero-order valence-corrected chi connectivity index (χ0v) is 8.40. The van der Waals surface area contributed by atoms with Gasteiger partial charge in [0.1, 0.15) is 0 Å². The number of benzene rings is 1. The standard InChI is InChI=1S/C9H9Cl2NO/c10-5-7(13)4-6-2-1-3-8(12)9(6)11/h1-3H,4-5,12H2. The smallest absolute Gasteiger partial charge is 0.152 e. The van der Waals surface area contributed by atoms with Crippen LogP contribution in [0.2, 0.25) is 5.02 Å². The predicted molar refractivity (Wildman–Crippen MR) is 55.3 cm³/mol. The summed E-state index contributed by atoms with van der Waals surface area (Å²) in [6.45, 7) is 0. The number of carbonyl (C=O) groups is 1. The number of halogens is 2. The summed E-state index contributed by atoms with van der Waals surface area (Å²) in [5.41, 5.74) is 6.78. The van der Waals surface area contributed by atoms with Crippen LogP contribution in [0.1, 0.15) is 5.56 Å². The third-order valence-electron chi connectivity index (χ3n) is 1.65. The Kier molecular flexibility index (Phi) is 3.58. The number of nitrogen functional groups attached to an aromatic ring is 1. The molecule has 0 aliphatic heterocycles. The first-order valence-corrected chi connectivity index (χ1v) is 4.67. The second kappa shape index (κ2) is 4.49. The number of anilines is 1. The number of nitrogens with two attached hydrogens (primary N) is 1. The van der Waals surface area contributed by atoms with Gasteiger partial charge in [-0.3, -0.25) is 4.79 Å². The van der Waals surface area contributed by atoms with E-state index in [-0.39, 0.29) is 18.1 Å². The maximum Gasteiger partial charge on any atom is 0.152 e. The highest BCUT2D eigenvalue weighted by Crippen LogP contribution is 2.23. The van der Waals surface area contributed by atoms with Gasteiger partial charge in [0.2, 0.25) is 0 Å². The molecule has 2 N–H and O–H groups in total. The van der Waals surface area contributed by atoms with Crippen LogP contribution in [0.3, 0.4) is 0 Å². The van der Waals surface area contributed by atoms with Crippen molar-refractivity contribution in [2.24, 2.45) is 0 Å². The highest BCUT2D eigenvalue weighted by Gasteiger charge is 2.07. The summed E-state index contributed by atoms with van der Waals surface area (Å²) in [5.74, 6) is -0.0559. The largest absolute Gasteiger partial charge is 0.398 e. The molecule has 0 atom stereocenters. The van der Waals surface area contributed by atoms with Crippen molar-refractivity contribution in [2.75, 3.05) is 11.6 Å². The minimum absolute atomic E-state index is 0.00509. The molecule has 0 heterocycles. The number of ketones is 1. The summed E-state index contributed by atoms with van der Waals surface area (Å²) >= 11 is 11.2. The molecule has 0 aliphatic rings. The Hall–Kier alpha value is -0.730. The maximum absolute atomic E-state index is 11.0. The Morgan fingerprint density at radius 2 is 2.15 bits per heavy atom. The van der Waals surface area contributed by atoms with Crippen molar-refractivity contribution in [3.63, 3.8) is 0 Å². The molecular weight excluding hydrogens is 209 g/mol. The summed E-state index contributed by atoms with van der Waals surface area (Å²) in [6, 6.07) is 5.22. The second-order valence-corrected chi connectivity index (χ2v) is 3.31. The summed E-state index contributed by atoms with van der Waals surface area (Å²) in [6.07, 6.45) is 0.243. The van der Waals surface area contributed by atoms with Crippen molar-refractivity contribution >= 4 is 34.7 Å². The van der Waals surface area contributed by atoms with Gasteiger partial charge in [0.05, 0.1) is 16.6 Å². The average molecular weight is 218 g/mol. The highest BCUT2D eigenvalue weighted by molar-refractivity contribution is 6.34. The lowest BCUT2D eigenvalue weighted by Crippen LogP contribution is -2.04. The topological polar surface area (TPSA) is 43.1 Å². The molecule has 1 rings (SSSR count). The fraction of sp³-hybridized carbons (Fsp3) is 0.222. The number of hydrogen-bond acceptors (Lipinski definition) is 2. The highest BCUT2D eigenvalue weighted by atomic mass is 35.5. The molecule has 0 spiro atoms. The molecule has 0 fully saturated rings. The van der Waals surface area contributed by atoms with Crippen molar-refractivity contribution in [2.45, 2.75) is 6.42 Å². The third kappa shape index (κ3) is 2.61. The number of alkyl halides is 1. The van der Waals surface area contributed by atoms with Gasteiger partial charge in [-0.15, -0.1) is 11.6 Å². The van der Waals surface area contributed by atoms with E-state index in [2.05, 4.69) is 0 Å². The fourth-order valence-corrected chi connectivity index (χ4v) is 1.28. The number of Topliss-reactive ketones (excluding diaryl/α,β-unsaturated/α-hetero) is 1. The summed E-state index contributed by atoms with van der Waals surface area (Å²) in [7, 11) is 0. The lowest BCUT2D eigenvalue weighted by molar-refractivity contribution is -0.116. The lowest BCUT2D eigenvalue weighted by Gasteiger charge is -2.04. The van der Waals surface area contributed by atoms with Gasteiger partial charge in [-0.25, -0.2) is 0 Å². The minimum atomic E-state index is -0.0610. The fourth-order valence-electron chi connectivity index (χ4n) is 0.996. The van der Waals surface area contributed by atoms with Gasteiger partial charge in [-0.05, 0) is 11.6 Å². The van der Waals surface area contributed by atoms with Gasteiger partial charge < -0.3 is 5.73 Å². The SMILES string of the molecule is Nc1cccc(CC(=O)CCl)c1Cl. The van der Waals surface area contributed by atoms with E-state index < -0.39 is 0 Å². The number of hydrogen-bond donors (Lipinski definition) is 1. The molecule has 0 saturated heterocycles. The molecule has 0 amide bonds. The minimum Gasteiger partial charge on any atom is -0.398 e. The zero-order chi connectivity index (χ0) is 9.84. The molecular formula is C9H9Cl2NO. The van der Waals surface area contributed by atoms with Crippen molar-refractivity contribution < 1.29 is 4.79 Å². The Bertz CT molecular complexity index is 325. The van der Waals surface area contributed by atoms with E-state index in [1.165, 1.54) is 0 Å². The average Bonchev–Trinajstić information content (AvgIpc) is 2.13. The third-order valence-corrected chi connectivity index (χ3v) is 2.40. The molecule has 0 unspecified atom stereocenters. The van der Waals surface area contributed by atoms with E-state index in [4.69, 9.17) is 28.9 Å². The molecule has 0 radical (unpaired) electrons. The Morgan fingerprint density at radius 3 is 2.77 bits per heavy atom. The van der Waals surface area contributed by atoms with Gasteiger partial charge >= 0.3 is 0 Å². The summed E-state index contributed by atoms with van der Waals surface area (Å²) in [4.78, 5) is 11.0. The van der Waals surface area contributed by atoms with Crippen LogP contribution in [-0.4, -0.2) is 11.7 Å². The maximum atomic E-state index is 11.0. The molecule has 4 heteroatoms. The molecule has 2 nitrogen and oxygen atoms in total. The van der Waals surface area contributed by atoms with E-state index >= 15 is 0 Å². The first-order chi connectivity index (χ1) is 6.15. The van der Waals surface area contributed by atoms with Crippen LogP contribution in [0, 0.1) is 0 Å². The lowest BCUT2D eigenvalue weighted by atomic mass is 10.1. The first kappa shape index (κ1) is 10.4. The van der Waals surface area contributed by atoms with Gasteiger partial charge in [-0.2, -0.15) is 0 Å². The predicted octanol–water partition coefficient (Wildman–Crippen LogP) is 2.27. The van der Waals surface area contributed by atoms with Crippen LogP contribution in [0.4, 0.5) is 5.69 Å². The second-order valence-electron chi connectivity index (χ2n) is 2.67. The van der Waals surface area contributed by atoms with Crippen LogP contribution in [0.15, 0.2) is 18.2 Å². The van der Waals surface area contributed by atoms with Crippen molar-refractivity contribution in [1.82, 2.24) is 0 Å². The molecule has 1 aromatic carbocycles. The van der Waals surface area contributed by atoms with E-state index in [1.54, 1.807) is 18.2 Å². The monoisotopic (exact) mass is 217 g/mol. The Morgan fingerprint density at radius 1 is 1.46 bits per heavy atom. The Balaban J connectivity index is 2.89. The molecule has 1 aromatic rings. The van der Waals surface area contributed by atoms with Gasteiger partial charge in [0.15, 0.2) is 5.78 Å². The van der Waals surface area contributed by atoms with E-state index in [0.29, 0.717) is 10.7 Å². The van der Waals surface area contributed by atoms with Gasteiger partial charge in [-0.1, -0.05) is 23.7 Å². The van der Waals surface area contributed by atoms with E-state index in [1.807, 2.05) is 0 Å². The molecule has 0 aromatic heterocycles. The molecule has 0 aliphatic carbocycles. The van der Waals surface area contributed by atoms with Gasteiger partial charge in [0.25, 0.3) is 0 Å². The Labute approximate surface area is 86.6 Å². The van der Waals surface area contributed by atoms with Crippen LogP contribution in [0.5, 0.6) is 0 Å². The van der Waals surface area contributed by atoms with Crippen molar-refractivity contribution in [3.05, 3.63) is 28.8 Å².